The van der Waals surface area contributed by atoms with Crippen LogP contribution in [0, 0.1) is 10.1 Å². The molecular formula is C14H10FN5O5. The maximum absolute atomic E-state index is 13.5. The van der Waals surface area contributed by atoms with E-state index in [0.29, 0.717) is 0 Å². The van der Waals surface area contributed by atoms with Gasteiger partial charge in [0.15, 0.2) is 16.7 Å². The number of ketones is 1. The molecule has 1 aromatic rings. The van der Waals surface area contributed by atoms with Crippen LogP contribution in [0.4, 0.5) is 4.39 Å². The molecule has 10 nitrogen and oxygen atoms in total. The van der Waals surface area contributed by atoms with Crippen LogP contribution in [0.1, 0.15) is 0 Å². The quantitative estimate of drug-likeness (QED) is 0.388. The Balaban J connectivity index is 2.28. The van der Waals surface area contributed by atoms with Crippen LogP contribution in [0.2, 0.25) is 0 Å². The largest absolute Gasteiger partial charge is 0.504 e. The van der Waals surface area contributed by atoms with Crippen molar-refractivity contribution in [2.24, 2.45) is 7.05 Å². The number of hydroxylamine groups is 2. The second-order valence-electron chi connectivity index (χ2n) is 5.05. The molecule has 128 valence electrons. The van der Waals surface area contributed by atoms with E-state index in [4.69, 9.17) is 0 Å². The Morgan fingerprint density at radius 1 is 1.28 bits per heavy atom. The molecule has 2 heterocycles. The van der Waals surface area contributed by atoms with E-state index >= 15 is 0 Å². The van der Waals surface area contributed by atoms with Crippen LogP contribution in [0.3, 0.4) is 0 Å². The van der Waals surface area contributed by atoms with Gasteiger partial charge in [0, 0.05) is 18.7 Å². The van der Waals surface area contributed by atoms with Crippen LogP contribution in [-0.4, -0.2) is 40.8 Å². The zero-order valence-electron chi connectivity index (χ0n) is 12.6. The first-order chi connectivity index (χ1) is 11.8. The number of rotatable bonds is 1. The molecule has 0 unspecified atom stereocenters. The number of nitrogens with zero attached hydrogens (tertiary/aromatic N) is 5. The van der Waals surface area contributed by atoms with Crippen molar-refractivity contribution in [3.63, 3.8) is 0 Å². The van der Waals surface area contributed by atoms with Crippen molar-refractivity contribution in [3.05, 3.63) is 68.9 Å². The molecule has 2 aliphatic rings. The Kier molecular flexibility index (Phi) is 3.77. The SMILES string of the molecule is Cn1c(=C2C=C(O)C(=O)C([N+](=O)[O-])=C2)nnc1=C1C=CC=C(F)N1O. The van der Waals surface area contributed by atoms with Crippen molar-refractivity contribution < 1.29 is 24.4 Å². The maximum atomic E-state index is 13.5. The van der Waals surface area contributed by atoms with Gasteiger partial charge in [-0.2, -0.15) is 9.45 Å². The maximum Gasteiger partial charge on any atom is 0.320 e. The Morgan fingerprint density at radius 3 is 2.64 bits per heavy atom. The lowest BCUT2D eigenvalue weighted by Gasteiger charge is -2.16. The number of carbonyl (C=O) groups is 1. The Bertz CT molecular complexity index is 1050. The number of aromatic nitrogens is 3. The highest BCUT2D eigenvalue weighted by Gasteiger charge is 2.30. The Morgan fingerprint density at radius 2 is 1.96 bits per heavy atom. The Hall–Kier alpha value is -3.60. The number of aliphatic hydroxyl groups is 1. The lowest BCUT2D eigenvalue weighted by atomic mass is 10.1. The third-order valence-electron chi connectivity index (χ3n) is 3.53. The molecule has 25 heavy (non-hydrogen) atoms. The fraction of sp³-hybridized carbons (Fsp3) is 0.0714. The minimum atomic E-state index is -1.12. The highest BCUT2D eigenvalue weighted by atomic mass is 19.1. The first-order valence-corrected chi connectivity index (χ1v) is 6.79. The summed E-state index contributed by atoms with van der Waals surface area (Å²) in [7, 11) is 1.48. The van der Waals surface area contributed by atoms with Gasteiger partial charge in [0.2, 0.25) is 5.95 Å². The summed E-state index contributed by atoms with van der Waals surface area (Å²) in [6, 6.07) is 0. The van der Waals surface area contributed by atoms with Gasteiger partial charge in [-0.05, 0) is 18.2 Å². The summed E-state index contributed by atoms with van der Waals surface area (Å²) in [5.41, 5.74) is -0.642. The molecular weight excluding hydrogens is 337 g/mol. The van der Waals surface area contributed by atoms with Crippen LogP contribution < -0.4 is 11.0 Å². The minimum Gasteiger partial charge on any atom is -0.504 e. The summed E-state index contributed by atoms with van der Waals surface area (Å²) in [5.74, 6) is -2.85. The fourth-order valence-electron chi connectivity index (χ4n) is 2.31. The molecule has 0 spiro atoms. The molecule has 0 atom stereocenters. The summed E-state index contributed by atoms with van der Waals surface area (Å²) in [6.45, 7) is 0. The van der Waals surface area contributed by atoms with Crippen LogP contribution >= 0.6 is 0 Å². The van der Waals surface area contributed by atoms with Gasteiger partial charge in [-0.15, -0.1) is 10.2 Å². The number of hydrogen-bond acceptors (Lipinski definition) is 8. The van der Waals surface area contributed by atoms with E-state index in [1.165, 1.54) is 23.8 Å². The summed E-state index contributed by atoms with van der Waals surface area (Å²) in [4.78, 5) is 21.6. The normalized spacial score (nSPS) is 21.8. The zero-order valence-corrected chi connectivity index (χ0v) is 12.6. The van der Waals surface area contributed by atoms with Gasteiger partial charge in [0.05, 0.1) is 4.92 Å². The molecule has 3 rings (SSSR count). The average molecular weight is 347 g/mol. The van der Waals surface area contributed by atoms with Crippen LogP contribution in [0.25, 0.3) is 11.3 Å². The second-order valence-corrected chi connectivity index (χ2v) is 5.05. The van der Waals surface area contributed by atoms with Crippen molar-refractivity contribution in [2.45, 2.75) is 0 Å². The first kappa shape index (κ1) is 16.3. The predicted octanol–water partition coefficient (Wildman–Crippen LogP) is -0.669. The van der Waals surface area contributed by atoms with Gasteiger partial charge in [-0.25, -0.2) is 0 Å². The number of hydrogen-bond donors (Lipinski definition) is 2. The zero-order chi connectivity index (χ0) is 18.3. The molecule has 0 amide bonds. The van der Waals surface area contributed by atoms with E-state index in [1.807, 2.05) is 0 Å². The molecule has 1 aliphatic heterocycles. The van der Waals surface area contributed by atoms with Crippen molar-refractivity contribution in [3.8, 4) is 0 Å². The number of Topliss-reactive ketones (excluding diaryl/α,β-unsaturated/α-hetero) is 1. The van der Waals surface area contributed by atoms with Crippen molar-refractivity contribution in [2.75, 3.05) is 0 Å². The molecule has 0 aromatic carbocycles. The van der Waals surface area contributed by atoms with Crippen LogP contribution in [-0.2, 0) is 11.8 Å². The summed E-state index contributed by atoms with van der Waals surface area (Å²) < 4.78 is 14.8. The lowest BCUT2D eigenvalue weighted by Crippen LogP contribution is -2.32. The first-order valence-electron chi connectivity index (χ1n) is 6.79. The second kappa shape index (κ2) is 5.79. The molecule has 0 bridgehead atoms. The number of aliphatic hydroxyl groups excluding tert-OH is 1. The molecule has 1 aromatic heterocycles. The summed E-state index contributed by atoms with van der Waals surface area (Å²) in [6.07, 6.45) is 5.75. The molecule has 2 N–H and O–H groups in total. The van der Waals surface area contributed by atoms with Crippen LogP contribution in [0.15, 0.2) is 47.8 Å². The lowest BCUT2D eigenvalue weighted by molar-refractivity contribution is -0.418. The van der Waals surface area contributed by atoms with Gasteiger partial charge in [-0.3, -0.25) is 20.1 Å². The summed E-state index contributed by atoms with van der Waals surface area (Å²) in [5, 5.41) is 38.2. The topological polar surface area (TPSA) is 135 Å². The van der Waals surface area contributed by atoms with Gasteiger partial charge in [0.25, 0.3) is 5.78 Å². The fourth-order valence-corrected chi connectivity index (χ4v) is 2.31. The molecule has 0 fully saturated rings. The number of nitro groups is 1. The van der Waals surface area contributed by atoms with E-state index in [0.717, 1.165) is 18.2 Å². The third kappa shape index (κ3) is 2.61. The average Bonchev–Trinajstić information content (AvgIpc) is 2.94. The van der Waals surface area contributed by atoms with Gasteiger partial charge in [-0.1, -0.05) is 6.08 Å². The molecule has 0 saturated heterocycles. The highest BCUT2D eigenvalue weighted by Crippen LogP contribution is 2.18. The predicted molar refractivity (Wildman–Crippen MR) is 79.8 cm³/mol. The molecule has 1 aliphatic carbocycles. The monoisotopic (exact) mass is 347 g/mol. The van der Waals surface area contributed by atoms with E-state index < -0.39 is 28.1 Å². The van der Waals surface area contributed by atoms with Crippen molar-refractivity contribution >= 4 is 17.1 Å². The molecule has 11 heteroatoms. The molecule has 0 saturated carbocycles. The van der Waals surface area contributed by atoms with Gasteiger partial charge in [0.1, 0.15) is 5.70 Å². The van der Waals surface area contributed by atoms with Crippen molar-refractivity contribution in [1.82, 2.24) is 19.8 Å². The van der Waals surface area contributed by atoms with Crippen molar-refractivity contribution in [1.29, 1.82) is 0 Å². The standard InChI is InChI=1S/C14H10FN5O5/c1-18-13(7-5-9(20(24)25)12(22)10(21)6-7)16-17-14(18)8-3-2-4-11(15)19(8)23/h2-6,21,23H,1H3. The van der Waals surface area contributed by atoms with Crippen LogP contribution in [0.5, 0.6) is 0 Å². The highest BCUT2D eigenvalue weighted by molar-refractivity contribution is 6.09. The van der Waals surface area contributed by atoms with E-state index in [-0.39, 0.29) is 27.3 Å². The smallest absolute Gasteiger partial charge is 0.320 e. The minimum absolute atomic E-state index is 0.0135. The number of allylic oxidation sites excluding steroid dienone is 4. The number of carbonyl (C=O) groups excluding carboxylic acids is 1. The van der Waals surface area contributed by atoms with E-state index in [1.54, 1.807) is 0 Å². The third-order valence-corrected chi connectivity index (χ3v) is 3.53. The van der Waals surface area contributed by atoms with Gasteiger partial charge < -0.3 is 9.67 Å². The summed E-state index contributed by atoms with van der Waals surface area (Å²) >= 11 is 0. The van der Waals surface area contributed by atoms with E-state index in [2.05, 4.69) is 10.2 Å². The number of halogens is 1. The molecule has 0 radical (unpaired) electrons. The Labute approximate surface area is 138 Å². The van der Waals surface area contributed by atoms with E-state index in [9.17, 15) is 29.6 Å². The van der Waals surface area contributed by atoms with Gasteiger partial charge >= 0.3 is 5.70 Å².